The third-order valence-corrected chi connectivity index (χ3v) is 4.55. The number of carboxylic acids is 1. The Kier molecular flexibility index (Phi) is 6.98. The standard InChI is InChI=1S/C13H24N2O4S/c1-10(2)7-11(8-12(16)17)9-14-13(18)15-3-5-20(19)6-4-15/h10-11H,3-9H2,1-2H3,(H,14,18)(H,16,17). The van der Waals surface area contributed by atoms with E-state index in [1.165, 1.54) is 0 Å². The number of nitrogens with one attached hydrogen (secondary N) is 1. The predicted octanol–water partition coefficient (Wildman–Crippen LogP) is 0.897. The highest BCUT2D eigenvalue weighted by Gasteiger charge is 2.21. The van der Waals surface area contributed by atoms with E-state index in [1.807, 2.05) is 13.8 Å². The van der Waals surface area contributed by atoms with E-state index >= 15 is 0 Å². The van der Waals surface area contributed by atoms with Gasteiger partial charge in [0.1, 0.15) is 0 Å². The summed E-state index contributed by atoms with van der Waals surface area (Å²) < 4.78 is 11.2. The largest absolute Gasteiger partial charge is 0.481 e. The van der Waals surface area contributed by atoms with Crippen molar-refractivity contribution in [2.75, 3.05) is 31.1 Å². The third kappa shape index (κ3) is 6.36. The molecule has 0 aliphatic carbocycles. The van der Waals surface area contributed by atoms with Crippen molar-refractivity contribution < 1.29 is 18.9 Å². The molecule has 2 N–H and O–H groups in total. The third-order valence-electron chi connectivity index (χ3n) is 3.27. The van der Waals surface area contributed by atoms with Gasteiger partial charge in [0.2, 0.25) is 0 Å². The molecule has 116 valence electrons. The van der Waals surface area contributed by atoms with E-state index in [-0.39, 0.29) is 18.4 Å². The molecule has 1 fully saturated rings. The zero-order chi connectivity index (χ0) is 15.1. The Morgan fingerprint density at radius 1 is 1.30 bits per heavy atom. The average Bonchev–Trinajstić information content (AvgIpc) is 2.35. The van der Waals surface area contributed by atoms with Gasteiger partial charge in [0, 0.05) is 48.4 Å². The molecule has 0 aromatic rings. The van der Waals surface area contributed by atoms with Crippen LogP contribution in [0.15, 0.2) is 0 Å². The van der Waals surface area contributed by atoms with E-state index < -0.39 is 16.8 Å². The lowest BCUT2D eigenvalue weighted by molar-refractivity contribution is -0.138. The molecule has 1 saturated heterocycles. The summed E-state index contributed by atoms with van der Waals surface area (Å²) in [4.78, 5) is 24.4. The van der Waals surface area contributed by atoms with Crippen LogP contribution >= 0.6 is 0 Å². The smallest absolute Gasteiger partial charge is 0.317 e. The summed E-state index contributed by atoms with van der Waals surface area (Å²) in [6.45, 7) is 5.47. The van der Waals surface area contributed by atoms with Gasteiger partial charge < -0.3 is 15.3 Å². The Hall–Kier alpha value is -1.11. The van der Waals surface area contributed by atoms with E-state index in [9.17, 15) is 13.8 Å². The first-order valence-corrected chi connectivity index (χ1v) is 8.46. The Labute approximate surface area is 122 Å². The van der Waals surface area contributed by atoms with Gasteiger partial charge in [-0.15, -0.1) is 0 Å². The summed E-state index contributed by atoms with van der Waals surface area (Å²) in [5.41, 5.74) is 0. The second kappa shape index (κ2) is 8.24. The molecular formula is C13H24N2O4S. The van der Waals surface area contributed by atoms with Crippen molar-refractivity contribution in [2.45, 2.75) is 26.7 Å². The molecule has 0 radical (unpaired) electrons. The Balaban J connectivity index is 2.39. The molecular weight excluding hydrogens is 280 g/mol. The lowest BCUT2D eigenvalue weighted by atomic mass is 9.94. The molecule has 2 amide bonds. The zero-order valence-corrected chi connectivity index (χ0v) is 12.9. The number of urea groups is 1. The van der Waals surface area contributed by atoms with Crippen LogP contribution < -0.4 is 5.32 Å². The molecule has 6 nitrogen and oxygen atoms in total. The van der Waals surface area contributed by atoms with Crippen molar-refractivity contribution in [3.63, 3.8) is 0 Å². The number of carbonyl (C=O) groups is 2. The van der Waals surface area contributed by atoms with Gasteiger partial charge in [-0.05, 0) is 18.3 Å². The molecule has 0 saturated carbocycles. The average molecular weight is 304 g/mol. The molecule has 1 aliphatic rings. The predicted molar refractivity (Wildman–Crippen MR) is 78.0 cm³/mol. The maximum Gasteiger partial charge on any atom is 0.317 e. The molecule has 0 aromatic carbocycles. The number of carbonyl (C=O) groups excluding carboxylic acids is 1. The van der Waals surface area contributed by atoms with Crippen molar-refractivity contribution in [3.05, 3.63) is 0 Å². The van der Waals surface area contributed by atoms with Gasteiger partial charge in [0.25, 0.3) is 0 Å². The minimum absolute atomic E-state index is 0.0460. The van der Waals surface area contributed by atoms with E-state index in [4.69, 9.17) is 5.11 Å². The van der Waals surface area contributed by atoms with Crippen LogP contribution in [0.5, 0.6) is 0 Å². The van der Waals surface area contributed by atoms with Crippen LogP contribution in [0.3, 0.4) is 0 Å². The number of hydrogen-bond acceptors (Lipinski definition) is 3. The fourth-order valence-electron chi connectivity index (χ4n) is 2.34. The minimum atomic E-state index is -0.835. The molecule has 1 unspecified atom stereocenters. The topological polar surface area (TPSA) is 86.7 Å². The quantitative estimate of drug-likeness (QED) is 0.763. The van der Waals surface area contributed by atoms with E-state index in [0.29, 0.717) is 37.1 Å². The van der Waals surface area contributed by atoms with E-state index in [1.54, 1.807) is 4.90 Å². The normalized spacial score (nSPS) is 18.1. The first-order chi connectivity index (χ1) is 9.38. The van der Waals surface area contributed by atoms with Crippen molar-refractivity contribution >= 4 is 22.8 Å². The zero-order valence-electron chi connectivity index (χ0n) is 12.1. The number of carboxylic acid groups (broad SMARTS) is 1. The summed E-state index contributed by atoms with van der Waals surface area (Å²) >= 11 is 0. The second-order valence-electron chi connectivity index (χ2n) is 5.61. The number of hydrogen-bond donors (Lipinski definition) is 2. The van der Waals surface area contributed by atoms with Crippen LogP contribution in [0.2, 0.25) is 0 Å². The van der Waals surface area contributed by atoms with Gasteiger partial charge in [0.05, 0.1) is 0 Å². The van der Waals surface area contributed by atoms with Gasteiger partial charge >= 0.3 is 12.0 Å². The molecule has 20 heavy (non-hydrogen) atoms. The monoisotopic (exact) mass is 304 g/mol. The van der Waals surface area contributed by atoms with E-state index in [0.717, 1.165) is 6.42 Å². The Morgan fingerprint density at radius 3 is 2.40 bits per heavy atom. The molecule has 0 spiro atoms. The number of aliphatic carboxylic acids is 1. The molecule has 7 heteroatoms. The number of amides is 2. The summed E-state index contributed by atoms with van der Waals surface area (Å²) in [5.74, 6) is 0.568. The Morgan fingerprint density at radius 2 is 1.90 bits per heavy atom. The highest BCUT2D eigenvalue weighted by atomic mass is 32.2. The highest BCUT2D eigenvalue weighted by Crippen LogP contribution is 2.15. The van der Waals surface area contributed by atoms with Crippen LogP contribution in [0.25, 0.3) is 0 Å². The summed E-state index contributed by atoms with van der Waals surface area (Å²) in [6, 6.07) is -0.180. The summed E-state index contributed by atoms with van der Waals surface area (Å²) in [6.07, 6.45) is 0.846. The maximum atomic E-state index is 11.9. The van der Waals surface area contributed by atoms with Crippen LogP contribution in [0.4, 0.5) is 4.79 Å². The van der Waals surface area contributed by atoms with Gasteiger partial charge in [-0.25, -0.2) is 4.79 Å². The first kappa shape index (κ1) is 16.9. The summed E-state index contributed by atoms with van der Waals surface area (Å²) in [5, 5.41) is 11.7. The summed E-state index contributed by atoms with van der Waals surface area (Å²) in [7, 11) is -0.805. The van der Waals surface area contributed by atoms with Gasteiger partial charge in [-0.2, -0.15) is 0 Å². The van der Waals surface area contributed by atoms with Crippen LogP contribution in [0, 0.1) is 11.8 Å². The van der Waals surface area contributed by atoms with E-state index in [2.05, 4.69) is 5.32 Å². The van der Waals surface area contributed by atoms with Crippen molar-refractivity contribution in [2.24, 2.45) is 11.8 Å². The van der Waals surface area contributed by atoms with Gasteiger partial charge in [-0.1, -0.05) is 13.8 Å². The minimum Gasteiger partial charge on any atom is -0.481 e. The number of nitrogens with zero attached hydrogens (tertiary/aromatic N) is 1. The molecule has 0 bridgehead atoms. The lowest BCUT2D eigenvalue weighted by Crippen LogP contribution is -2.48. The first-order valence-electron chi connectivity index (χ1n) is 6.98. The van der Waals surface area contributed by atoms with Gasteiger partial charge in [-0.3, -0.25) is 9.00 Å². The lowest BCUT2D eigenvalue weighted by Gasteiger charge is -2.27. The van der Waals surface area contributed by atoms with Crippen LogP contribution in [0.1, 0.15) is 26.7 Å². The fourth-order valence-corrected chi connectivity index (χ4v) is 3.39. The number of rotatable bonds is 6. The molecule has 0 aromatic heterocycles. The second-order valence-corrected chi connectivity index (χ2v) is 7.31. The van der Waals surface area contributed by atoms with Crippen molar-refractivity contribution in [1.82, 2.24) is 10.2 Å². The molecule has 1 aliphatic heterocycles. The van der Waals surface area contributed by atoms with Crippen molar-refractivity contribution in [1.29, 1.82) is 0 Å². The maximum absolute atomic E-state index is 11.9. The SMILES string of the molecule is CC(C)CC(CNC(=O)N1CCS(=O)CC1)CC(=O)O. The Bertz CT molecular complexity index is 363. The molecule has 1 heterocycles. The van der Waals surface area contributed by atoms with Crippen molar-refractivity contribution in [3.8, 4) is 0 Å². The molecule has 1 atom stereocenters. The van der Waals surface area contributed by atoms with Gasteiger partial charge in [0.15, 0.2) is 0 Å². The fraction of sp³-hybridized carbons (Fsp3) is 0.846. The highest BCUT2D eigenvalue weighted by molar-refractivity contribution is 7.85. The molecule has 1 rings (SSSR count). The van der Waals surface area contributed by atoms with Crippen LogP contribution in [-0.2, 0) is 15.6 Å². The van der Waals surface area contributed by atoms with Crippen LogP contribution in [-0.4, -0.2) is 57.4 Å².